The van der Waals surface area contributed by atoms with E-state index in [1.54, 1.807) is 24.0 Å². The largest absolute Gasteiger partial charge is 0.481 e. The number of rotatable bonds is 6. The van der Waals surface area contributed by atoms with Crippen molar-refractivity contribution in [3.63, 3.8) is 0 Å². The maximum absolute atomic E-state index is 13.1. The van der Waals surface area contributed by atoms with E-state index >= 15 is 0 Å². The second kappa shape index (κ2) is 7.34. The molecule has 1 heterocycles. The highest BCUT2D eigenvalue weighted by molar-refractivity contribution is 6.30. The van der Waals surface area contributed by atoms with Crippen molar-refractivity contribution in [2.24, 2.45) is 11.8 Å². The third kappa shape index (κ3) is 3.98. The predicted octanol–water partition coefficient (Wildman–Crippen LogP) is 3.25. The van der Waals surface area contributed by atoms with E-state index < -0.39 is 18.0 Å². The van der Waals surface area contributed by atoms with Crippen LogP contribution in [-0.2, 0) is 9.59 Å². The molecule has 4 atom stereocenters. The smallest absolute Gasteiger partial charge is 0.304 e. The topological polar surface area (TPSA) is 77.8 Å². The van der Waals surface area contributed by atoms with Crippen LogP contribution in [0.4, 0.5) is 0 Å². The minimum atomic E-state index is -0.955. The molecule has 3 rings (SSSR count). The minimum absolute atomic E-state index is 0.144. The van der Waals surface area contributed by atoms with Crippen molar-refractivity contribution in [3.05, 3.63) is 34.9 Å². The summed E-state index contributed by atoms with van der Waals surface area (Å²) in [5, 5.41) is 20.1. The fraction of sp³-hybridized carbons (Fsp3) is 0.579. The zero-order chi connectivity index (χ0) is 18.1. The van der Waals surface area contributed by atoms with Crippen LogP contribution < -0.4 is 0 Å². The Labute approximate surface area is 152 Å². The lowest BCUT2D eigenvalue weighted by molar-refractivity contribution is -0.154. The summed E-state index contributed by atoms with van der Waals surface area (Å²) in [5.74, 6) is -1.32. The summed E-state index contributed by atoms with van der Waals surface area (Å²) < 4.78 is 0. The van der Waals surface area contributed by atoms with Crippen LogP contribution in [0, 0.1) is 11.8 Å². The lowest BCUT2D eigenvalue weighted by atomic mass is 9.84. The molecule has 2 aliphatic rings. The highest BCUT2D eigenvalue weighted by Crippen LogP contribution is 2.44. The fourth-order valence-corrected chi connectivity index (χ4v) is 4.17. The Bertz CT molecular complexity index is 639. The Morgan fingerprint density at radius 1 is 1.24 bits per heavy atom. The van der Waals surface area contributed by atoms with Crippen LogP contribution in [0.1, 0.15) is 50.6 Å². The Kier molecular flexibility index (Phi) is 5.35. The number of carbonyl (C=O) groups excluding carboxylic acids is 1. The summed E-state index contributed by atoms with van der Waals surface area (Å²) in [4.78, 5) is 26.0. The Hall–Kier alpha value is -1.59. The fourth-order valence-electron chi connectivity index (χ4n) is 4.04. The molecule has 0 spiro atoms. The average Bonchev–Trinajstić information content (AvgIpc) is 3.36. The number of likely N-dealkylation sites (tertiary alicyclic amines) is 1. The van der Waals surface area contributed by atoms with Crippen LogP contribution in [0.3, 0.4) is 0 Å². The van der Waals surface area contributed by atoms with E-state index in [4.69, 9.17) is 16.7 Å². The number of carboxylic acids is 1. The molecule has 2 fully saturated rings. The molecular formula is C19H24ClNO4. The number of halogens is 1. The Balaban J connectivity index is 1.94. The molecule has 136 valence electrons. The van der Waals surface area contributed by atoms with Gasteiger partial charge in [0.05, 0.1) is 24.6 Å². The summed E-state index contributed by atoms with van der Waals surface area (Å²) in [7, 11) is 0. The van der Waals surface area contributed by atoms with Crippen LogP contribution >= 0.6 is 11.6 Å². The monoisotopic (exact) mass is 365 g/mol. The van der Waals surface area contributed by atoms with Crippen LogP contribution in [0.15, 0.2) is 24.3 Å². The lowest BCUT2D eigenvalue weighted by Gasteiger charge is -2.45. The highest BCUT2D eigenvalue weighted by atomic mass is 35.5. The summed E-state index contributed by atoms with van der Waals surface area (Å²) >= 11 is 5.98. The first-order valence-electron chi connectivity index (χ1n) is 8.86. The van der Waals surface area contributed by atoms with Crippen molar-refractivity contribution in [2.45, 2.75) is 57.2 Å². The zero-order valence-electron chi connectivity index (χ0n) is 14.3. The number of aliphatic hydroxyl groups is 1. The molecule has 1 aromatic carbocycles. The van der Waals surface area contributed by atoms with Gasteiger partial charge in [-0.05, 0) is 56.2 Å². The van der Waals surface area contributed by atoms with E-state index in [0.717, 1.165) is 18.4 Å². The van der Waals surface area contributed by atoms with Gasteiger partial charge in [0.15, 0.2) is 0 Å². The van der Waals surface area contributed by atoms with E-state index in [1.165, 1.54) is 0 Å². The van der Waals surface area contributed by atoms with Gasteiger partial charge in [0.25, 0.3) is 0 Å². The minimum Gasteiger partial charge on any atom is -0.481 e. The molecule has 4 unspecified atom stereocenters. The third-order valence-electron chi connectivity index (χ3n) is 5.32. The van der Waals surface area contributed by atoms with Gasteiger partial charge in [-0.3, -0.25) is 9.59 Å². The van der Waals surface area contributed by atoms with Crippen molar-refractivity contribution in [1.29, 1.82) is 0 Å². The first kappa shape index (κ1) is 18.2. The summed E-state index contributed by atoms with van der Waals surface area (Å²) in [5.41, 5.74) is 0.984. The normalized spacial score (nSPS) is 26.4. The van der Waals surface area contributed by atoms with E-state index in [-0.39, 0.29) is 24.4 Å². The molecule has 1 saturated carbocycles. The Morgan fingerprint density at radius 3 is 2.40 bits per heavy atom. The molecular weight excluding hydrogens is 342 g/mol. The van der Waals surface area contributed by atoms with E-state index in [2.05, 4.69) is 0 Å². The van der Waals surface area contributed by atoms with E-state index in [0.29, 0.717) is 23.8 Å². The second-order valence-corrected chi connectivity index (χ2v) is 7.69. The van der Waals surface area contributed by atoms with Gasteiger partial charge in [-0.15, -0.1) is 0 Å². The number of aliphatic carboxylic acids is 1. The molecule has 0 bridgehead atoms. The van der Waals surface area contributed by atoms with Gasteiger partial charge in [-0.2, -0.15) is 0 Å². The van der Waals surface area contributed by atoms with Crippen molar-refractivity contribution >= 4 is 23.5 Å². The third-order valence-corrected chi connectivity index (χ3v) is 5.58. The Morgan fingerprint density at radius 2 is 1.88 bits per heavy atom. The molecule has 1 saturated heterocycles. The molecule has 0 aromatic heterocycles. The molecule has 6 heteroatoms. The standard InChI is InChI=1S/C19H24ClNO4/c1-11(22)18(13-2-3-13)21-16(12-4-7-15(20)8-5-12)9-6-14(19(21)25)10-17(23)24/h4-5,7-8,11,13-14,16,18,22H,2-3,6,9-10H2,1H3,(H,23,24). The molecule has 0 radical (unpaired) electrons. The summed E-state index contributed by atoms with van der Waals surface area (Å²) in [6, 6.07) is 7.03. The van der Waals surface area contributed by atoms with Gasteiger partial charge < -0.3 is 15.1 Å². The first-order chi connectivity index (χ1) is 11.9. The number of benzene rings is 1. The molecule has 25 heavy (non-hydrogen) atoms. The van der Waals surface area contributed by atoms with Gasteiger partial charge in [0.1, 0.15) is 0 Å². The predicted molar refractivity (Wildman–Crippen MR) is 94.2 cm³/mol. The van der Waals surface area contributed by atoms with Gasteiger partial charge >= 0.3 is 5.97 Å². The quantitative estimate of drug-likeness (QED) is 0.811. The van der Waals surface area contributed by atoms with Gasteiger partial charge in [-0.25, -0.2) is 0 Å². The molecule has 5 nitrogen and oxygen atoms in total. The van der Waals surface area contributed by atoms with Crippen molar-refractivity contribution < 1.29 is 19.8 Å². The first-order valence-corrected chi connectivity index (χ1v) is 9.23. The number of piperidine rings is 1. The molecule has 1 amide bonds. The van der Waals surface area contributed by atoms with Crippen LogP contribution in [0.2, 0.25) is 5.02 Å². The van der Waals surface area contributed by atoms with Crippen molar-refractivity contribution in [3.8, 4) is 0 Å². The molecule has 2 N–H and O–H groups in total. The maximum atomic E-state index is 13.1. The lowest BCUT2D eigenvalue weighted by Crippen LogP contribution is -2.54. The highest BCUT2D eigenvalue weighted by Gasteiger charge is 2.47. The van der Waals surface area contributed by atoms with Gasteiger partial charge in [0.2, 0.25) is 5.91 Å². The summed E-state index contributed by atoms with van der Waals surface area (Å²) in [6.45, 7) is 1.72. The second-order valence-electron chi connectivity index (χ2n) is 7.25. The van der Waals surface area contributed by atoms with Crippen LogP contribution in [-0.4, -0.2) is 39.1 Å². The molecule has 1 aliphatic heterocycles. The SMILES string of the molecule is CC(O)C(C1CC1)N1C(=O)C(CC(=O)O)CCC1c1ccc(Cl)cc1. The number of amides is 1. The number of nitrogens with zero attached hydrogens (tertiary/aromatic N) is 1. The molecule has 1 aromatic rings. The van der Waals surface area contributed by atoms with Gasteiger partial charge in [0, 0.05) is 10.9 Å². The number of aliphatic hydroxyl groups excluding tert-OH is 1. The number of carboxylic acid groups (broad SMARTS) is 1. The number of carbonyl (C=O) groups is 2. The van der Waals surface area contributed by atoms with E-state index in [1.807, 2.05) is 12.1 Å². The number of hydrogen-bond acceptors (Lipinski definition) is 3. The van der Waals surface area contributed by atoms with Crippen molar-refractivity contribution in [2.75, 3.05) is 0 Å². The van der Waals surface area contributed by atoms with Crippen molar-refractivity contribution in [1.82, 2.24) is 4.90 Å². The average molecular weight is 366 g/mol. The van der Waals surface area contributed by atoms with Crippen LogP contribution in [0.25, 0.3) is 0 Å². The van der Waals surface area contributed by atoms with E-state index in [9.17, 15) is 14.7 Å². The number of hydrogen-bond donors (Lipinski definition) is 2. The van der Waals surface area contributed by atoms with Crippen LogP contribution in [0.5, 0.6) is 0 Å². The zero-order valence-corrected chi connectivity index (χ0v) is 15.0. The molecule has 1 aliphatic carbocycles. The summed E-state index contributed by atoms with van der Waals surface area (Å²) in [6.07, 6.45) is 2.44. The maximum Gasteiger partial charge on any atom is 0.304 e. The van der Waals surface area contributed by atoms with Gasteiger partial charge in [-0.1, -0.05) is 23.7 Å².